The van der Waals surface area contributed by atoms with Crippen molar-refractivity contribution in [3.8, 4) is 0 Å². The Labute approximate surface area is 154 Å². The van der Waals surface area contributed by atoms with Crippen LogP contribution in [0.4, 0.5) is 21.0 Å². The first-order valence-corrected chi connectivity index (χ1v) is 8.74. The van der Waals surface area contributed by atoms with Crippen LogP contribution >= 0.6 is 11.5 Å². The van der Waals surface area contributed by atoms with Crippen LogP contribution in [-0.2, 0) is 4.79 Å². The van der Waals surface area contributed by atoms with Gasteiger partial charge in [-0.3, -0.25) is 9.59 Å². The molecule has 8 nitrogen and oxygen atoms in total. The third kappa shape index (κ3) is 4.26. The Bertz CT molecular complexity index is 825. The maximum Gasteiger partial charge on any atom is 0.252 e. The van der Waals surface area contributed by atoms with E-state index < -0.39 is 23.7 Å². The molecular formula is C16H21FN6O2S. The van der Waals surface area contributed by atoms with Crippen LogP contribution in [0.15, 0.2) is 12.1 Å². The average Bonchev–Trinajstić information content (AvgIpc) is 2.97. The van der Waals surface area contributed by atoms with E-state index in [2.05, 4.69) is 14.7 Å². The van der Waals surface area contributed by atoms with E-state index in [0.29, 0.717) is 17.8 Å². The molecule has 0 aliphatic heterocycles. The Hall–Kier alpha value is -2.75. The van der Waals surface area contributed by atoms with Crippen molar-refractivity contribution in [2.75, 3.05) is 17.3 Å². The number of nitrogens with two attached hydrogens (primary N) is 2. The summed E-state index contributed by atoms with van der Waals surface area (Å²) < 4.78 is 18.7. The average molecular weight is 380 g/mol. The molecule has 2 heterocycles. The van der Waals surface area contributed by atoms with Crippen LogP contribution in [-0.4, -0.2) is 34.3 Å². The van der Waals surface area contributed by atoms with E-state index in [1.165, 1.54) is 23.5 Å². The van der Waals surface area contributed by atoms with Crippen molar-refractivity contribution in [2.24, 2.45) is 11.5 Å². The van der Waals surface area contributed by atoms with Crippen molar-refractivity contribution in [1.29, 1.82) is 0 Å². The Morgan fingerprint density at radius 2 is 2.08 bits per heavy atom. The number of carbonyl (C=O) groups excluding carboxylic acids is 2. The maximum atomic E-state index is 14.5. The minimum absolute atomic E-state index is 0.0871. The fourth-order valence-corrected chi connectivity index (χ4v) is 3.16. The van der Waals surface area contributed by atoms with Crippen LogP contribution in [0.5, 0.6) is 0 Å². The van der Waals surface area contributed by atoms with Crippen LogP contribution in [0.1, 0.15) is 35.8 Å². The summed E-state index contributed by atoms with van der Waals surface area (Å²) in [7, 11) is 1.53. The minimum atomic E-state index is -0.825. The number of pyridine rings is 1. The molecule has 0 aliphatic carbocycles. The summed E-state index contributed by atoms with van der Waals surface area (Å²) in [6, 6.07) is 2.04. The topological polar surface area (TPSA) is 127 Å². The van der Waals surface area contributed by atoms with Crippen LogP contribution < -0.4 is 21.7 Å². The van der Waals surface area contributed by atoms with Gasteiger partial charge in [-0.2, -0.15) is 4.37 Å². The first-order chi connectivity index (χ1) is 12.2. The molecule has 0 spiro atoms. The standard InChI is InChI=1S/C16H21FN6O2S/c1-4-5-11(14(19)25)23(3)16-10(17)7-9(13(18)24)15(21-16)20-12-6-8(2)22-26-12/h6-7,11H,4-5H2,1-3H3,(H2,18,24)(H2,19,25)(H,20,21). The molecule has 0 radical (unpaired) electrons. The number of primary amides is 2. The Balaban J connectivity index is 2.48. The third-order valence-electron chi connectivity index (χ3n) is 3.78. The highest BCUT2D eigenvalue weighted by Gasteiger charge is 2.26. The van der Waals surface area contributed by atoms with Gasteiger partial charge in [0, 0.05) is 7.05 Å². The van der Waals surface area contributed by atoms with Gasteiger partial charge < -0.3 is 21.7 Å². The number of halogens is 1. The van der Waals surface area contributed by atoms with Crippen LogP contribution in [0.3, 0.4) is 0 Å². The summed E-state index contributed by atoms with van der Waals surface area (Å²) >= 11 is 1.17. The van der Waals surface area contributed by atoms with Crippen molar-refractivity contribution in [3.63, 3.8) is 0 Å². The lowest BCUT2D eigenvalue weighted by Gasteiger charge is -2.27. The lowest BCUT2D eigenvalue weighted by molar-refractivity contribution is -0.119. The van der Waals surface area contributed by atoms with Gasteiger partial charge >= 0.3 is 0 Å². The van der Waals surface area contributed by atoms with E-state index >= 15 is 0 Å². The van der Waals surface area contributed by atoms with Crippen molar-refractivity contribution in [1.82, 2.24) is 9.36 Å². The second-order valence-corrected chi connectivity index (χ2v) is 6.63. The molecule has 0 fully saturated rings. The normalized spacial score (nSPS) is 11.8. The molecule has 5 N–H and O–H groups in total. The molecule has 1 unspecified atom stereocenters. The molecule has 1 atom stereocenters. The van der Waals surface area contributed by atoms with Gasteiger partial charge in [-0.25, -0.2) is 9.37 Å². The van der Waals surface area contributed by atoms with Gasteiger partial charge in [-0.1, -0.05) is 13.3 Å². The highest BCUT2D eigenvalue weighted by atomic mass is 32.1. The number of hydrogen-bond acceptors (Lipinski definition) is 7. The zero-order chi connectivity index (χ0) is 19.4. The number of aryl methyl sites for hydroxylation is 1. The Morgan fingerprint density at radius 1 is 1.38 bits per heavy atom. The molecule has 2 aromatic rings. The van der Waals surface area contributed by atoms with Crippen LogP contribution in [0, 0.1) is 12.7 Å². The van der Waals surface area contributed by atoms with E-state index in [1.54, 1.807) is 6.07 Å². The molecule has 140 valence electrons. The smallest absolute Gasteiger partial charge is 0.252 e. The predicted molar refractivity (Wildman–Crippen MR) is 99.1 cm³/mol. The van der Waals surface area contributed by atoms with Gasteiger partial charge in [0.2, 0.25) is 5.91 Å². The molecule has 10 heteroatoms. The van der Waals surface area contributed by atoms with E-state index in [9.17, 15) is 14.0 Å². The first kappa shape index (κ1) is 19.6. The number of carbonyl (C=O) groups is 2. The number of anilines is 3. The number of nitrogens with zero attached hydrogens (tertiary/aromatic N) is 3. The lowest BCUT2D eigenvalue weighted by atomic mass is 10.1. The summed E-state index contributed by atoms with van der Waals surface area (Å²) in [4.78, 5) is 28.9. The van der Waals surface area contributed by atoms with E-state index in [-0.39, 0.29) is 17.2 Å². The van der Waals surface area contributed by atoms with Crippen LogP contribution in [0.2, 0.25) is 0 Å². The summed E-state index contributed by atoms with van der Waals surface area (Å²) in [5.41, 5.74) is 11.5. The van der Waals surface area contributed by atoms with Crippen molar-refractivity contribution in [3.05, 3.63) is 29.2 Å². The Morgan fingerprint density at radius 3 is 2.58 bits per heavy atom. The van der Waals surface area contributed by atoms with E-state index in [1.807, 2.05) is 13.8 Å². The van der Waals surface area contributed by atoms with E-state index in [4.69, 9.17) is 11.5 Å². The molecule has 2 rings (SSSR count). The summed E-state index contributed by atoms with van der Waals surface area (Å²) in [5.74, 6) is -2.19. The molecular weight excluding hydrogens is 359 g/mol. The number of amides is 2. The number of likely N-dealkylation sites (N-methyl/N-ethyl adjacent to an activating group) is 1. The Kier molecular flexibility index (Phi) is 6.09. The molecule has 0 bridgehead atoms. The number of nitrogens with one attached hydrogen (secondary N) is 1. The largest absolute Gasteiger partial charge is 0.368 e. The lowest BCUT2D eigenvalue weighted by Crippen LogP contribution is -2.43. The van der Waals surface area contributed by atoms with Gasteiger partial charge in [0.05, 0.1) is 11.3 Å². The zero-order valence-electron chi connectivity index (χ0n) is 14.7. The fraction of sp³-hybridized carbons (Fsp3) is 0.375. The van der Waals surface area contributed by atoms with Gasteiger partial charge in [-0.05, 0) is 37.0 Å². The quantitative estimate of drug-likeness (QED) is 0.642. The number of rotatable bonds is 8. The molecule has 0 aromatic carbocycles. The SMILES string of the molecule is CCCC(C(N)=O)N(C)c1nc(Nc2cc(C)ns2)c(C(N)=O)cc1F. The van der Waals surface area contributed by atoms with Crippen molar-refractivity contribution >= 4 is 40.0 Å². The molecule has 0 saturated heterocycles. The van der Waals surface area contributed by atoms with Crippen molar-refractivity contribution in [2.45, 2.75) is 32.7 Å². The molecule has 0 saturated carbocycles. The molecule has 2 amide bonds. The number of aromatic nitrogens is 2. The summed E-state index contributed by atoms with van der Waals surface area (Å²) in [5, 5.41) is 3.55. The van der Waals surface area contributed by atoms with Crippen molar-refractivity contribution < 1.29 is 14.0 Å². The number of hydrogen-bond donors (Lipinski definition) is 3. The van der Waals surface area contributed by atoms with Gasteiger partial charge in [0.25, 0.3) is 5.91 Å². The van der Waals surface area contributed by atoms with Gasteiger partial charge in [0.1, 0.15) is 16.9 Å². The summed E-state index contributed by atoms with van der Waals surface area (Å²) in [6.45, 7) is 3.71. The highest BCUT2D eigenvalue weighted by Crippen LogP contribution is 2.28. The third-order valence-corrected chi connectivity index (χ3v) is 4.58. The van der Waals surface area contributed by atoms with Crippen LogP contribution in [0.25, 0.3) is 0 Å². The van der Waals surface area contributed by atoms with Gasteiger partial charge in [0.15, 0.2) is 11.6 Å². The maximum absolute atomic E-state index is 14.5. The van der Waals surface area contributed by atoms with E-state index in [0.717, 1.165) is 11.8 Å². The fourth-order valence-electron chi connectivity index (χ4n) is 2.50. The molecule has 26 heavy (non-hydrogen) atoms. The second kappa shape index (κ2) is 8.09. The minimum Gasteiger partial charge on any atom is -0.368 e. The zero-order valence-corrected chi connectivity index (χ0v) is 15.6. The summed E-state index contributed by atoms with van der Waals surface area (Å²) in [6.07, 6.45) is 1.13. The molecule has 2 aromatic heterocycles. The van der Waals surface area contributed by atoms with Gasteiger partial charge in [-0.15, -0.1) is 0 Å². The first-order valence-electron chi connectivity index (χ1n) is 7.97. The monoisotopic (exact) mass is 380 g/mol. The second-order valence-electron chi connectivity index (χ2n) is 5.83. The molecule has 0 aliphatic rings. The highest BCUT2D eigenvalue weighted by molar-refractivity contribution is 7.10. The predicted octanol–water partition coefficient (Wildman–Crippen LogP) is 1.92.